The van der Waals surface area contributed by atoms with Crippen molar-refractivity contribution in [3.8, 4) is 0 Å². The number of carboxylic acids is 1. The topological polar surface area (TPSA) is 121 Å². The average Bonchev–Trinajstić information content (AvgIpc) is 2.72. The van der Waals surface area contributed by atoms with Crippen molar-refractivity contribution >= 4 is 23.5 Å². The SMILES string of the molecule is O=C(NCC1=NCN(c2nccc(C(F)(F)F)n2)C=C1)c1ccc(C(=O)O)nc1. The molecule has 0 spiro atoms. The molecular weight excluding hydrogens is 393 g/mol. The van der Waals surface area contributed by atoms with E-state index in [0.717, 1.165) is 18.5 Å². The maximum Gasteiger partial charge on any atom is 0.433 e. The Morgan fingerprint density at radius 3 is 2.59 bits per heavy atom. The first-order valence-corrected chi connectivity index (χ1v) is 8.10. The predicted octanol–water partition coefficient (Wildman–Crippen LogP) is 1.75. The second-order valence-electron chi connectivity index (χ2n) is 5.74. The third-order valence-electron chi connectivity index (χ3n) is 3.74. The fraction of sp³-hybridized carbons (Fsp3) is 0.176. The minimum Gasteiger partial charge on any atom is -0.477 e. The lowest BCUT2D eigenvalue weighted by atomic mass is 10.2. The van der Waals surface area contributed by atoms with Crippen molar-refractivity contribution < 1.29 is 27.9 Å². The number of amides is 1. The van der Waals surface area contributed by atoms with Gasteiger partial charge in [-0.15, -0.1) is 0 Å². The van der Waals surface area contributed by atoms with E-state index in [9.17, 15) is 22.8 Å². The summed E-state index contributed by atoms with van der Waals surface area (Å²) in [5.74, 6) is -1.82. The molecule has 0 bridgehead atoms. The number of carboxylic acid groups (broad SMARTS) is 1. The van der Waals surface area contributed by atoms with Gasteiger partial charge in [0, 0.05) is 18.6 Å². The van der Waals surface area contributed by atoms with Crippen LogP contribution in [0.5, 0.6) is 0 Å². The Balaban J connectivity index is 1.57. The van der Waals surface area contributed by atoms with Crippen LogP contribution in [0.25, 0.3) is 0 Å². The van der Waals surface area contributed by atoms with Gasteiger partial charge in [-0.3, -0.25) is 14.7 Å². The van der Waals surface area contributed by atoms with Crippen molar-refractivity contribution in [3.05, 3.63) is 59.8 Å². The zero-order valence-electron chi connectivity index (χ0n) is 14.6. The molecule has 9 nitrogen and oxygen atoms in total. The Labute approximate surface area is 161 Å². The van der Waals surface area contributed by atoms with Crippen LogP contribution in [-0.2, 0) is 6.18 Å². The number of pyridine rings is 1. The molecule has 2 aromatic rings. The van der Waals surface area contributed by atoms with E-state index in [4.69, 9.17) is 5.11 Å². The fourth-order valence-electron chi connectivity index (χ4n) is 2.26. The molecule has 150 valence electrons. The highest BCUT2D eigenvalue weighted by atomic mass is 19.4. The van der Waals surface area contributed by atoms with Gasteiger partial charge in [-0.1, -0.05) is 0 Å². The predicted molar refractivity (Wildman–Crippen MR) is 94.5 cm³/mol. The van der Waals surface area contributed by atoms with E-state index in [0.29, 0.717) is 5.71 Å². The van der Waals surface area contributed by atoms with Gasteiger partial charge in [-0.25, -0.2) is 19.7 Å². The molecule has 0 aromatic carbocycles. The highest BCUT2D eigenvalue weighted by Gasteiger charge is 2.33. The molecule has 29 heavy (non-hydrogen) atoms. The van der Waals surface area contributed by atoms with Gasteiger partial charge in [0.25, 0.3) is 5.91 Å². The molecule has 2 N–H and O–H groups in total. The molecule has 0 unspecified atom stereocenters. The van der Waals surface area contributed by atoms with E-state index in [1.807, 2.05) is 0 Å². The smallest absolute Gasteiger partial charge is 0.433 e. The number of hydrogen-bond acceptors (Lipinski definition) is 7. The maximum absolute atomic E-state index is 12.7. The van der Waals surface area contributed by atoms with Crippen LogP contribution in [0.2, 0.25) is 0 Å². The molecule has 1 aliphatic heterocycles. The molecule has 2 aromatic heterocycles. The van der Waals surface area contributed by atoms with Gasteiger partial charge in [0.2, 0.25) is 5.95 Å². The van der Waals surface area contributed by atoms with E-state index in [2.05, 4.69) is 25.3 Å². The van der Waals surface area contributed by atoms with Crippen LogP contribution in [0.15, 0.2) is 47.9 Å². The number of aromatic nitrogens is 3. The molecular formula is C17H13F3N6O3. The standard InChI is InChI=1S/C17H13F3N6O3/c18-17(19,20)13-3-5-21-16(25-13)26-6-4-11(24-9-26)8-23-14(27)10-1-2-12(15(28)29)22-7-10/h1-7H,8-9H2,(H,23,27)(H,28,29). The quantitative estimate of drug-likeness (QED) is 0.776. The molecule has 3 rings (SSSR count). The Morgan fingerprint density at radius 2 is 2.00 bits per heavy atom. The van der Waals surface area contributed by atoms with Crippen LogP contribution < -0.4 is 10.2 Å². The Hall–Kier alpha value is -3.83. The summed E-state index contributed by atoms with van der Waals surface area (Å²) in [5, 5.41) is 11.4. The van der Waals surface area contributed by atoms with Crippen molar-refractivity contribution in [3.63, 3.8) is 0 Å². The summed E-state index contributed by atoms with van der Waals surface area (Å²) in [6.07, 6.45) is 0.561. The lowest BCUT2D eigenvalue weighted by Gasteiger charge is -2.20. The van der Waals surface area contributed by atoms with Crippen LogP contribution >= 0.6 is 0 Å². The van der Waals surface area contributed by atoms with E-state index in [-0.39, 0.29) is 30.4 Å². The number of hydrogen-bond donors (Lipinski definition) is 2. The number of nitrogens with one attached hydrogen (secondary N) is 1. The van der Waals surface area contributed by atoms with E-state index in [1.54, 1.807) is 0 Å². The monoisotopic (exact) mass is 406 g/mol. The lowest BCUT2D eigenvalue weighted by molar-refractivity contribution is -0.141. The first kappa shape index (κ1) is 19.9. The molecule has 0 fully saturated rings. The van der Waals surface area contributed by atoms with Gasteiger partial charge in [0.1, 0.15) is 18.1 Å². The normalized spacial score (nSPS) is 13.8. The highest BCUT2D eigenvalue weighted by molar-refractivity contribution is 6.02. The molecule has 12 heteroatoms. The summed E-state index contributed by atoms with van der Waals surface area (Å²) >= 11 is 0. The van der Waals surface area contributed by atoms with Crippen LogP contribution in [0, 0.1) is 0 Å². The van der Waals surface area contributed by atoms with E-state index < -0.39 is 23.7 Å². The van der Waals surface area contributed by atoms with Crippen molar-refractivity contribution in [2.75, 3.05) is 18.1 Å². The number of aliphatic imine (C=N–C) groups is 1. The van der Waals surface area contributed by atoms with Crippen molar-refractivity contribution in [2.45, 2.75) is 6.18 Å². The molecule has 3 heterocycles. The average molecular weight is 406 g/mol. The van der Waals surface area contributed by atoms with Crippen molar-refractivity contribution in [1.82, 2.24) is 20.3 Å². The zero-order chi connectivity index (χ0) is 21.0. The maximum atomic E-state index is 12.7. The summed E-state index contributed by atoms with van der Waals surface area (Å²) < 4.78 is 38.2. The summed E-state index contributed by atoms with van der Waals surface area (Å²) in [5.41, 5.74) is -0.579. The largest absolute Gasteiger partial charge is 0.477 e. The third-order valence-corrected chi connectivity index (χ3v) is 3.74. The minimum absolute atomic E-state index is 0.0160. The molecule has 0 aliphatic carbocycles. The molecule has 0 radical (unpaired) electrons. The molecule has 0 atom stereocenters. The number of anilines is 1. The van der Waals surface area contributed by atoms with Gasteiger partial charge in [0.15, 0.2) is 0 Å². The van der Waals surface area contributed by atoms with Crippen LogP contribution in [0.1, 0.15) is 26.5 Å². The number of rotatable bonds is 5. The summed E-state index contributed by atoms with van der Waals surface area (Å²) in [6.45, 7) is 0.0468. The van der Waals surface area contributed by atoms with Crippen molar-refractivity contribution in [2.24, 2.45) is 4.99 Å². The Morgan fingerprint density at radius 1 is 1.21 bits per heavy atom. The van der Waals surface area contributed by atoms with Gasteiger partial charge in [-0.2, -0.15) is 13.2 Å². The van der Waals surface area contributed by atoms with Gasteiger partial charge in [0.05, 0.1) is 17.8 Å². The molecule has 0 saturated heterocycles. The number of aromatic carboxylic acids is 1. The minimum atomic E-state index is -4.58. The second kappa shape index (κ2) is 8.04. The first-order chi connectivity index (χ1) is 13.7. The highest BCUT2D eigenvalue weighted by Crippen LogP contribution is 2.28. The third kappa shape index (κ3) is 4.91. The number of carbonyl (C=O) groups excluding carboxylic acids is 1. The zero-order valence-corrected chi connectivity index (χ0v) is 14.6. The van der Waals surface area contributed by atoms with E-state index >= 15 is 0 Å². The molecule has 1 amide bonds. The molecule has 0 saturated carbocycles. The van der Waals surface area contributed by atoms with Crippen LogP contribution in [-0.4, -0.2) is 50.9 Å². The number of carbonyl (C=O) groups is 2. The van der Waals surface area contributed by atoms with Crippen LogP contribution in [0.3, 0.4) is 0 Å². The lowest BCUT2D eigenvalue weighted by Crippen LogP contribution is -2.32. The van der Waals surface area contributed by atoms with Gasteiger partial charge in [-0.05, 0) is 24.3 Å². The second-order valence-corrected chi connectivity index (χ2v) is 5.74. The van der Waals surface area contributed by atoms with Gasteiger partial charge < -0.3 is 10.4 Å². The first-order valence-electron chi connectivity index (χ1n) is 8.10. The summed E-state index contributed by atoms with van der Waals surface area (Å²) in [7, 11) is 0. The molecule has 1 aliphatic rings. The van der Waals surface area contributed by atoms with Crippen LogP contribution in [0.4, 0.5) is 19.1 Å². The Kier molecular flexibility index (Phi) is 5.52. The number of nitrogens with zero attached hydrogens (tertiary/aromatic N) is 5. The number of alkyl halides is 3. The fourth-order valence-corrected chi connectivity index (χ4v) is 2.26. The van der Waals surface area contributed by atoms with E-state index in [1.165, 1.54) is 29.3 Å². The van der Waals surface area contributed by atoms with Crippen molar-refractivity contribution in [1.29, 1.82) is 0 Å². The summed E-state index contributed by atoms with van der Waals surface area (Å²) in [4.78, 5) is 39.3. The van der Waals surface area contributed by atoms with Gasteiger partial charge >= 0.3 is 12.1 Å². The number of halogens is 3. The Bertz CT molecular complexity index is 989. The summed E-state index contributed by atoms with van der Waals surface area (Å²) in [6, 6.07) is 3.32.